The van der Waals surface area contributed by atoms with E-state index in [4.69, 9.17) is 5.73 Å². The van der Waals surface area contributed by atoms with Gasteiger partial charge in [-0.25, -0.2) is 0 Å². The van der Waals surface area contributed by atoms with Crippen molar-refractivity contribution in [3.05, 3.63) is 57.6 Å². The zero-order chi connectivity index (χ0) is 14.1. The Balaban J connectivity index is 1.96. The van der Waals surface area contributed by atoms with E-state index in [1.54, 1.807) is 0 Å². The molecule has 1 aliphatic heterocycles. The lowest BCUT2D eigenvalue weighted by Crippen LogP contribution is -2.31. The Morgan fingerprint density at radius 2 is 2.00 bits per heavy atom. The number of anilines is 2. The van der Waals surface area contributed by atoms with Crippen LogP contribution in [0.2, 0.25) is 0 Å². The minimum atomic E-state index is 0.701. The normalized spacial score (nSPS) is 13.7. The fraction of sp³-hybridized carbons (Fsp3) is 0.188. The highest BCUT2D eigenvalue weighted by Gasteiger charge is 2.19. The molecule has 0 radical (unpaired) electrons. The summed E-state index contributed by atoms with van der Waals surface area (Å²) in [5.41, 5.74) is 11.0. The van der Waals surface area contributed by atoms with Crippen LogP contribution in [0.15, 0.2) is 40.9 Å². The molecule has 2 aromatic rings. The average molecular weight is 328 g/mol. The third-order valence-electron chi connectivity index (χ3n) is 3.66. The molecule has 0 atom stereocenters. The molecule has 0 bridgehead atoms. The van der Waals surface area contributed by atoms with Gasteiger partial charge in [0.05, 0.1) is 11.3 Å². The molecule has 0 aliphatic carbocycles. The minimum absolute atomic E-state index is 0.701. The third kappa shape index (κ3) is 2.37. The Hall–Kier alpha value is -1.99. The van der Waals surface area contributed by atoms with E-state index in [-0.39, 0.29) is 0 Å². The summed E-state index contributed by atoms with van der Waals surface area (Å²) >= 11 is 3.41. The number of rotatable bonds is 1. The van der Waals surface area contributed by atoms with Gasteiger partial charge in [0.25, 0.3) is 0 Å². The van der Waals surface area contributed by atoms with E-state index in [0.29, 0.717) is 5.56 Å². The first-order valence-electron chi connectivity index (χ1n) is 6.49. The molecule has 0 unspecified atom stereocenters. The molecule has 0 amide bonds. The van der Waals surface area contributed by atoms with Crippen molar-refractivity contribution in [3.8, 4) is 6.07 Å². The number of fused-ring (bicyclic) bond motifs is 1. The molecule has 1 heterocycles. The summed E-state index contributed by atoms with van der Waals surface area (Å²) in [7, 11) is 0. The fourth-order valence-corrected chi connectivity index (χ4v) is 3.02. The van der Waals surface area contributed by atoms with Crippen LogP contribution < -0.4 is 10.6 Å². The number of hydrogen-bond donors (Lipinski definition) is 1. The molecule has 4 heteroatoms. The van der Waals surface area contributed by atoms with Crippen LogP contribution in [0, 0.1) is 11.3 Å². The van der Waals surface area contributed by atoms with Crippen LogP contribution in [0.3, 0.4) is 0 Å². The van der Waals surface area contributed by atoms with Gasteiger partial charge in [0.15, 0.2) is 0 Å². The van der Waals surface area contributed by atoms with Crippen LogP contribution in [0.25, 0.3) is 0 Å². The highest BCUT2D eigenvalue weighted by Crippen LogP contribution is 2.29. The average Bonchev–Trinajstić information content (AvgIpc) is 2.46. The maximum Gasteiger partial charge on any atom is 0.101 e. The summed E-state index contributed by atoms with van der Waals surface area (Å²) in [6.45, 7) is 1.73. The van der Waals surface area contributed by atoms with Crippen LogP contribution in [0.5, 0.6) is 0 Å². The first kappa shape index (κ1) is 13.0. The van der Waals surface area contributed by atoms with Crippen molar-refractivity contribution >= 4 is 27.3 Å². The van der Waals surface area contributed by atoms with Gasteiger partial charge in [-0.15, -0.1) is 0 Å². The van der Waals surface area contributed by atoms with Gasteiger partial charge in [-0.1, -0.05) is 22.0 Å². The van der Waals surface area contributed by atoms with Crippen LogP contribution in [-0.4, -0.2) is 6.54 Å². The van der Waals surface area contributed by atoms with Gasteiger partial charge in [0.2, 0.25) is 0 Å². The maximum atomic E-state index is 9.30. The predicted octanol–water partition coefficient (Wildman–Crippen LogP) is 3.47. The van der Waals surface area contributed by atoms with Crippen molar-refractivity contribution in [3.63, 3.8) is 0 Å². The molecule has 2 N–H and O–H groups in total. The summed E-state index contributed by atoms with van der Waals surface area (Å²) in [6, 6.07) is 14.2. The van der Waals surface area contributed by atoms with Gasteiger partial charge in [-0.3, -0.25) is 0 Å². The second kappa shape index (κ2) is 5.18. The number of hydrogen-bond acceptors (Lipinski definition) is 3. The van der Waals surface area contributed by atoms with Crippen molar-refractivity contribution in [2.75, 3.05) is 17.2 Å². The summed E-state index contributed by atoms with van der Waals surface area (Å²) in [5, 5.41) is 9.30. The van der Waals surface area contributed by atoms with E-state index < -0.39 is 0 Å². The van der Waals surface area contributed by atoms with Crippen LogP contribution in [0.1, 0.15) is 16.7 Å². The van der Waals surface area contributed by atoms with Crippen molar-refractivity contribution < 1.29 is 0 Å². The van der Waals surface area contributed by atoms with E-state index in [0.717, 1.165) is 35.4 Å². The van der Waals surface area contributed by atoms with Gasteiger partial charge in [-0.05, 0) is 47.9 Å². The third-order valence-corrected chi connectivity index (χ3v) is 4.16. The standard InChI is InChI=1S/C16H14BrN3/c17-14-2-4-16(12(7-14)9-18)20-6-5-11-1-3-15(19)8-13(11)10-20/h1-4,7-8H,5-6,10,19H2. The molecule has 2 aromatic carbocycles. The van der Waals surface area contributed by atoms with E-state index in [1.165, 1.54) is 11.1 Å². The van der Waals surface area contributed by atoms with E-state index in [1.807, 2.05) is 30.3 Å². The Labute approximate surface area is 126 Å². The van der Waals surface area contributed by atoms with Crippen molar-refractivity contribution in [1.29, 1.82) is 5.26 Å². The molecule has 3 rings (SSSR count). The maximum absolute atomic E-state index is 9.30. The Kier molecular flexibility index (Phi) is 3.37. The molecular weight excluding hydrogens is 314 g/mol. The van der Waals surface area contributed by atoms with Gasteiger partial charge >= 0.3 is 0 Å². The monoisotopic (exact) mass is 327 g/mol. The van der Waals surface area contributed by atoms with Crippen molar-refractivity contribution in [2.24, 2.45) is 0 Å². The van der Waals surface area contributed by atoms with Crippen molar-refractivity contribution in [2.45, 2.75) is 13.0 Å². The number of nitrogens with zero attached hydrogens (tertiary/aromatic N) is 2. The molecule has 0 saturated heterocycles. The van der Waals surface area contributed by atoms with E-state index >= 15 is 0 Å². The second-order valence-corrected chi connectivity index (χ2v) is 5.89. The Morgan fingerprint density at radius 1 is 1.15 bits per heavy atom. The number of nitriles is 1. The number of nitrogens with two attached hydrogens (primary N) is 1. The van der Waals surface area contributed by atoms with Gasteiger partial charge in [0, 0.05) is 23.2 Å². The first-order chi connectivity index (χ1) is 9.67. The molecule has 0 saturated carbocycles. The molecule has 100 valence electrons. The summed E-state index contributed by atoms with van der Waals surface area (Å²) in [5.74, 6) is 0. The number of halogens is 1. The minimum Gasteiger partial charge on any atom is -0.399 e. The van der Waals surface area contributed by atoms with Crippen LogP contribution in [0.4, 0.5) is 11.4 Å². The molecule has 0 fully saturated rings. The predicted molar refractivity (Wildman–Crippen MR) is 84.5 cm³/mol. The highest BCUT2D eigenvalue weighted by atomic mass is 79.9. The molecular formula is C16H14BrN3. The molecule has 0 aromatic heterocycles. The summed E-state index contributed by atoms with van der Waals surface area (Å²) < 4.78 is 0.930. The van der Waals surface area contributed by atoms with Gasteiger partial charge in [0.1, 0.15) is 6.07 Å². The zero-order valence-corrected chi connectivity index (χ0v) is 12.5. The van der Waals surface area contributed by atoms with Gasteiger partial charge in [-0.2, -0.15) is 5.26 Å². The number of nitrogen functional groups attached to an aromatic ring is 1. The lowest BCUT2D eigenvalue weighted by molar-refractivity contribution is 0.731. The van der Waals surface area contributed by atoms with E-state index in [9.17, 15) is 5.26 Å². The Morgan fingerprint density at radius 3 is 2.80 bits per heavy atom. The van der Waals surface area contributed by atoms with E-state index in [2.05, 4.69) is 33.0 Å². The van der Waals surface area contributed by atoms with Crippen molar-refractivity contribution in [1.82, 2.24) is 0 Å². The smallest absolute Gasteiger partial charge is 0.101 e. The highest BCUT2D eigenvalue weighted by molar-refractivity contribution is 9.10. The van der Waals surface area contributed by atoms with Gasteiger partial charge < -0.3 is 10.6 Å². The largest absolute Gasteiger partial charge is 0.399 e. The summed E-state index contributed by atoms with van der Waals surface area (Å²) in [4.78, 5) is 2.24. The molecule has 20 heavy (non-hydrogen) atoms. The molecule has 3 nitrogen and oxygen atoms in total. The fourth-order valence-electron chi connectivity index (χ4n) is 2.66. The lowest BCUT2D eigenvalue weighted by Gasteiger charge is -2.31. The van der Waals surface area contributed by atoms with Crippen LogP contribution >= 0.6 is 15.9 Å². The second-order valence-electron chi connectivity index (χ2n) is 4.97. The molecule has 1 aliphatic rings. The SMILES string of the molecule is N#Cc1cc(Br)ccc1N1CCc2ccc(N)cc2C1. The Bertz CT molecular complexity index is 703. The quantitative estimate of drug-likeness (QED) is 0.816. The zero-order valence-electron chi connectivity index (χ0n) is 10.9. The number of benzene rings is 2. The first-order valence-corrected chi connectivity index (χ1v) is 7.28. The van der Waals surface area contributed by atoms with Crippen LogP contribution in [-0.2, 0) is 13.0 Å². The molecule has 0 spiro atoms. The lowest BCUT2D eigenvalue weighted by atomic mass is 9.98. The summed E-state index contributed by atoms with van der Waals surface area (Å²) in [6.07, 6.45) is 0.983. The topological polar surface area (TPSA) is 53.0 Å².